The molecule has 0 atom stereocenters. The van der Waals surface area contributed by atoms with Crippen molar-refractivity contribution in [3.05, 3.63) is 10.2 Å². The number of thioether (sulfide) groups is 1. The Labute approximate surface area is 102 Å². The average molecular weight is 287 g/mol. The highest BCUT2D eigenvalue weighted by atomic mass is 35.5. The van der Waals surface area contributed by atoms with Crippen molar-refractivity contribution < 1.29 is 8.42 Å². The number of aryl methyl sites for hydroxylation is 1. The maximum atomic E-state index is 11.7. The molecule has 15 heavy (non-hydrogen) atoms. The van der Waals surface area contributed by atoms with Crippen LogP contribution >= 0.6 is 34.7 Å². The Morgan fingerprint density at radius 2 is 2.27 bits per heavy atom. The standard InChI is InChI=1S/C7H11ClN2O2S3/c1-5-6(14-7(8)10-5)15(11,12)9-3-4-13-2/h9H,3-4H2,1-2H3. The lowest BCUT2D eigenvalue weighted by Crippen LogP contribution is -2.25. The Balaban J connectivity index is 2.82. The van der Waals surface area contributed by atoms with E-state index in [0.717, 1.165) is 17.1 Å². The minimum Gasteiger partial charge on any atom is -0.229 e. The minimum atomic E-state index is -3.43. The molecule has 0 saturated carbocycles. The second-order valence-electron chi connectivity index (χ2n) is 2.73. The molecule has 0 fully saturated rings. The summed E-state index contributed by atoms with van der Waals surface area (Å²) < 4.78 is 26.4. The molecule has 1 rings (SSSR count). The first-order valence-corrected chi connectivity index (χ1v) is 8.16. The molecule has 0 unspecified atom stereocenters. The van der Waals surface area contributed by atoms with Crippen LogP contribution in [-0.4, -0.2) is 32.0 Å². The summed E-state index contributed by atoms with van der Waals surface area (Å²) in [6.45, 7) is 2.05. The molecular formula is C7H11ClN2O2S3. The summed E-state index contributed by atoms with van der Waals surface area (Å²) >= 11 is 8.20. The Hall–Kier alpha value is 0.180. The molecule has 86 valence electrons. The Morgan fingerprint density at radius 3 is 2.73 bits per heavy atom. The number of sulfonamides is 1. The lowest BCUT2D eigenvalue weighted by atomic mass is 10.6. The third-order valence-electron chi connectivity index (χ3n) is 1.57. The van der Waals surface area contributed by atoms with Crippen LogP contribution in [0.1, 0.15) is 5.69 Å². The van der Waals surface area contributed by atoms with Gasteiger partial charge in [0.25, 0.3) is 10.0 Å². The number of aromatic nitrogens is 1. The first kappa shape index (κ1) is 13.2. The molecule has 4 nitrogen and oxygen atoms in total. The molecule has 0 aliphatic carbocycles. The van der Waals surface area contributed by atoms with Gasteiger partial charge in [0.2, 0.25) is 0 Å². The highest BCUT2D eigenvalue weighted by molar-refractivity contribution is 7.98. The van der Waals surface area contributed by atoms with Crippen LogP contribution in [0.5, 0.6) is 0 Å². The minimum absolute atomic E-state index is 0.202. The molecular weight excluding hydrogens is 276 g/mol. The summed E-state index contributed by atoms with van der Waals surface area (Å²) in [5.74, 6) is 0.741. The Kier molecular flexibility index (Phi) is 4.85. The maximum Gasteiger partial charge on any atom is 0.252 e. The molecule has 0 spiro atoms. The lowest BCUT2D eigenvalue weighted by molar-refractivity contribution is 0.585. The molecule has 0 saturated heterocycles. The summed E-state index contributed by atoms with van der Waals surface area (Å²) in [5, 5.41) is 0. The fourth-order valence-electron chi connectivity index (χ4n) is 0.944. The van der Waals surface area contributed by atoms with Crippen molar-refractivity contribution >= 4 is 44.7 Å². The molecule has 1 heterocycles. The van der Waals surface area contributed by atoms with E-state index in [1.54, 1.807) is 18.7 Å². The normalized spacial score (nSPS) is 11.9. The van der Waals surface area contributed by atoms with Crippen molar-refractivity contribution in [1.29, 1.82) is 0 Å². The van der Waals surface area contributed by atoms with Gasteiger partial charge in [0, 0.05) is 12.3 Å². The smallest absolute Gasteiger partial charge is 0.229 e. The van der Waals surface area contributed by atoms with Gasteiger partial charge in [-0.2, -0.15) is 11.8 Å². The van der Waals surface area contributed by atoms with Crippen LogP contribution in [0.4, 0.5) is 0 Å². The van der Waals surface area contributed by atoms with Gasteiger partial charge in [0.1, 0.15) is 0 Å². The highest BCUT2D eigenvalue weighted by Crippen LogP contribution is 2.26. The monoisotopic (exact) mass is 286 g/mol. The van der Waals surface area contributed by atoms with Gasteiger partial charge in [-0.15, -0.1) is 0 Å². The zero-order chi connectivity index (χ0) is 11.5. The van der Waals surface area contributed by atoms with Gasteiger partial charge in [-0.05, 0) is 13.2 Å². The molecule has 0 radical (unpaired) electrons. The van der Waals surface area contributed by atoms with E-state index in [1.165, 1.54) is 0 Å². The van der Waals surface area contributed by atoms with Gasteiger partial charge in [-0.25, -0.2) is 18.1 Å². The summed E-state index contributed by atoms with van der Waals surface area (Å²) in [6.07, 6.45) is 1.92. The first-order valence-electron chi connectivity index (χ1n) is 4.09. The zero-order valence-corrected chi connectivity index (χ0v) is 11.5. The average Bonchev–Trinajstić information content (AvgIpc) is 2.46. The van der Waals surface area contributed by atoms with Gasteiger partial charge in [0.15, 0.2) is 8.68 Å². The predicted octanol–water partition coefficient (Wildman–Crippen LogP) is 1.75. The van der Waals surface area contributed by atoms with Gasteiger partial charge in [0.05, 0.1) is 5.69 Å². The molecule has 1 aromatic rings. The van der Waals surface area contributed by atoms with Crippen molar-refractivity contribution in [3.63, 3.8) is 0 Å². The van der Waals surface area contributed by atoms with E-state index in [1.807, 2.05) is 6.26 Å². The van der Waals surface area contributed by atoms with Gasteiger partial charge in [-0.3, -0.25) is 0 Å². The second-order valence-corrected chi connectivity index (χ2v) is 7.26. The number of nitrogens with zero attached hydrogens (tertiary/aromatic N) is 1. The SMILES string of the molecule is CSCCNS(=O)(=O)c1sc(Cl)nc1C. The van der Waals surface area contributed by atoms with E-state index in [2.05, 4.69) is 9.71 Å². The van der Waals surface area contributed by atoms with Crippen LogP contribution in [0, 0.1) is 6.92 Å². The van der Waals surface area contributed by atoms with E-state index < -0.39 is 10.0 Å². The lowest BCUT2D eigenvalue weighted by Gasteiger charge is -2.03. The number of hydrogen-bond acceptors (Lipinski definition) is 5. The van der Waals surface area contributed by atoms with Gasteiger partial charge < -0.3 is 0 Å². The fourth-order valence-corrected chi connectivity index (χ4v) is 4.19. The van der Waals surface area contributed by atoms with Gasteiger partial charge >= 0.3 is 0 Å². The van der Waals surface area contributed by atoms with E-state index >= 15 is 0 Å². The van der Waals surface area contributed by atoms with Crippen molar-refractivity contribution in [2.24, 2.45) is 0 Å². The first-order chi connectivity index (χ1) is 6.97. The van der Waals surface area contributed by atoms with Crippen LogP contribution in [0.2, 0.25) is 4.47 Å². The maximum absolute atomic E-state index is 11.7. The van der Waals surface area contributed by atoms with Crippen LogP contribution < -0.4 is 4.72 Å². The summed E-state index contributed by atoms with van der Waals surface area (Å²) in [5.41, 5.74) is 0.446. The van der Waals surface area contributed by atoms with E-state index in [9.17, 15) is 8.42 Å². The van der Waals surface area contributed by atoms with Crippen molar-refractivity contribution in [3.8, 4) is 0 Å². The highest BCUT2D eigenvalue weighted by Gasteiger charge is 2.20. The van der Waals surface area contributed by atoms with Crippen LogP contribution in [-0.2, 0) is 10.0 Å². The van der Waals surface area contributed by atoms with E-state index in [0.29, 0.717) is 12.2 Å². The molecule has 0 amide bonds. The molecule has 8 heteroatoms. The summed E-state index contributed by atoms with van der Waals surface area (Å²) in [6, 6.07) is 0. The fraction of sp³-hybridized carbons (Fsp3) is 0.571. The van der Waals surface area contributed by atoms with Crippen molar-refractivity contribution in [2.75, 3.05) is 18.6 Å². The molecule has 0 aromatic carbocycles. The van der Waals surface area contributed by atoms with Crippen molar-refractivity contribution in [2.45, 2.75) is 11.1 Å². The second kappa shape index (κ2) is 5.49. The quantitative estimate of drug-likeness (QED) is 0.838. The summed E-state index contributed by atoms with van der Waals surface area (Å²) in [7, 11) is -3.43. The van der Waals surface area contributed by atoms with E-state index in [-0.39, 0.29) is 8.68 Å². The predicted molar refractivity (Wildman–Crippen MR) is 65.4 cm³/mol. The van der Waals surface area contributed by atoms with Crippen LogP contribution in [0.25, 0.3) is 0 Å². The number of thiazole rings is 1. The third-order valence-corrected chi connectivity index (χ3v) is 5.52. The number of hydrogen-bond donors (Lipinski definition) is 1. The van der Waals surface area contributed by atoms with E-state index in [4.69, 9.17) is 11.6 Å². The molecule has 0 bridgehead atoms. The van der Waals surface area contributed by atoms with Crippen LogP contribution in [0.3, 0.4) is 0 Å². The number of nitrogens with one attached hydrogen (secondary N) is 1. The summed E-state index contributed by atoms with van der Waals surface area (Å²) in [4.78, 5) is 3.87. The number of halogens is 1. The van der Waals surface area contributed by atoms with Crippen molar-refractivity contribution in [1.82, 2.24) is 9.71 Å². The number of rotatable bonds is 5. The topological polar surface area (TPSA) is 59.1 Å². The molecule has 1 aromatic heterocycles. The molecule has 0 aliphatic rings. The largest absolute Gasteiger partial charge is 0.252 e. The van der Waals surface area contributed by atoms with Crippen LogP contribution in [0.15, 0.2) is 4.21 Å². The molecule has 0 aliphatic heterocycles. The van der Waals surface area contributed by atoms with Gasteiger partial charge in [-0.1, -0.05) is 22.9 Å². The molecule has 1 N–H and O–H groups in total. The zero-order valence-electron chi connectivity index (χ0n) is 8.28. The Morgan fingerprint density at radius 1 is 1.60 bits per heavy atom. The third kappa shape index (κ3) is 3.60. The Bertz CT molecular complexity index is 429.